The lowest BCUT2D eigenvalue weighted by Crippen LogP contribution is -2.09. The molecule has 0 atom stereocenters. The summed E-state index contributed by atoms with van der Waals surface area (Å²) in [6.07, 6.45) is 0. The topological polar surface area (TPSA) is 87.0 Å². The van der Waals surface area contributed by atoms with Crippen LogP contribution in [0.25, 0.3) is 64.6 Å². The molecule has 0 unspecified atom stereocenters. The van der Waals surface area contributed by atoms with Gasteiger partial charge >= 0.3 is 5.97 Å². The number of rotatable bonds is 2. The number of hydrogen-bond acceptors (Lipinski definition) is 5. The van der Waals surface area contributed by atoms with E-state index in [0.717, 1.165) is 55.2 Å². The van der Waals surface area contributed by atoms with Crippen molar-refractivity contribution in [2.75, 3.05) is 0 Å². The van der Waals surface area contributed by atoms with Crippen LogP contribution >= 0.6 is 0 Å². The zero-order valence-electron chi connectivity index (χ0n) is 18.7. The Morgan fingerprint density at radius 2 is 0.944 bits per heavy atom. The number of carbonyl (C=O) groups excluding carboxylic acids is 1. The van der Waals surface area contributed by atoms with Crippen molar-refractivity contribution in [3.63, 3.8) is 0 Å². The van der Waals surface area contributed by atoms with Gasteiger partial charge in [0, 0.05) is 10.8 Å². The van der Waals surface area contributed by atoms with E-state index in [9.17, 15) is 20.1 Å². The summed E-state index contributed by atoms with van der Waals surface area (Å²) in [5, 5.41) is 42.8. The summed E-state index contributed by atoms with van der Waals surface area (Å²) in [4.78, 5) is 13.1. The van der Waals surface area contributed by atoms with Gasteiger partial charge in [-0.25, -0.2) is 4.79 Å². The average molecular weight is 468 g/mol. The van der Waals surface area contributed by atoms with E-state index in [2.05, 4.69) is 42.5 Å². The first-order valence-electron chi connectivity index (χ1n) is 11.6. The normalized spacial score (nSPS) is 12.3. The van der Waals surface area contributed by atoms with Crippen molar-refractivity contribution < 1.29 is 24.9 Å². The van der Waals surface area contributed by atoms with Crippen molar-refractivity contribution >= 4 is 70.6 Å². The van der Waals surface area contributed by atoms with Crippen LogP contribution in [0.1, 0.15) is 10.4 Å². The van der Waals surface area contributed by atoms with Gasteiger partial charge in [-0.05, 0) is 78.1 Å². The number of ether oxygens (including phenoxy) is 1. The molecule has 0 saturated heterocycles. The van der Waals surface area contributed by atoms with E-state index >= 15 is 0 Å². The maximum atomic E-state index is 13.1. The molecule has 0 heterocycles. The number of aromatic hydroxyl groups is 3. The van der Waals surface area contributed by atoms with Crippen molar-refractivity contribution in [2.45, 2.75) is 0 Å². The minimum absolute atomic E-state index is 0.0723. The molecule has 8 aromatic carbocycles. The molecular formula is C31H16O5. The largest absolute Gasteiger partial charge is 0.504 e. The van der Waals surface area contributed by atoms with Crippen molar-refractivity contribution in [1.29, 1.82) is 0 Å². The molecular weight excluding hydrogens is 452 g/mol. The molecule has 0 fully saturated rings. The number of esters is 1. The van der Waals surface area contributed by atoms with Crippen molar-refractivity contribution in [3.8, 4) is 23.0 Å². The Bertz CT molecular complexity index is 2090. The lowest BCUT2D eigenvalue weighted by atomic mass is 9.83. The van der Waals surface area contributed by atoms with Crippen LogP contribution in [0.3, 0.4) is 0 Å². The lowest BCUT2D eigenvalue weighted by Gasteiger charge is -2.21. The van der Waals surface area contributed by atoms with Gasteiger partial charge in [-0.1, -0.05) is 54.6 Å². The van der Waals surface area contributed by atoms with Crippen molar-refractivity contribution in [2.24, 2.45) is 0 Å². The third kappa shape index (κ3) is 2.27. The molecule has 8 aromatic rings. The van der Waals surface area contributed by atoms with Crippen LogP contribution in [0, 0.1) is 0 Å². The summed E-state index contributed by atoms with van der Waals surface area (Å²) in [6, 6.07) is 25.1. The highest BCUT2D eigenvalue weighted by atomic mass is 16.5. The molecule has 3 N–H and O–H groups in total. The number of phenols is 3. The highest BCUT2D eigenvalue weighted by molar-refractivity contribution is 6.45. The van der Waals surface area contributed by atoms with Crippen LogP contribution < -0.4 is 4.74 Å². The van der Waals surface area contributed by atoms with Crippen molar-refractivity contribution in [3.05, 3.63) is 84.4 Å². The number of hydrogen-bond donors (Lipinski definition) is 3. The summed E-state index contributed by atoms with van der Waals surface area (Å²) < 4.78 is 5.86. The smallest absolute Gasteiger partial charge is 0.343 e. The molecule has 5 nitrogen and oxygen atoms in total. The standard InChI is InChI=1S/C31H16O5/c32-21-11-19(12-22(33)30(21)34)31(35)36-23-13-18-8-7-16-4-2-14-1-3-15-5-6-17-9-10-20(23)29-27(17)25(15)24(14)26(16)28(18)29/h1-13,32-34H. The Labute approximate surface area is 203 Å². The van der Waals surface area contributed by atoms with Crippen LogP contribution in [0.4, 0.5) is 0 Å². The fraction of sp³-hybridized carbons (Fsp3) is 0. The van der Waals surface area contributed by atoms with E-state index in [1.54, 1.807) is 0 Å². The first kappa shape index (κ1) is 19.3. The monoisotopic (exact) mass is 468 g/mol. The van der Waals surface area contributed by atoms with Gasteiger partial charge in [0.1, 0.15) is 5.75 Å². The molecule has 8 rings (SSSR count). The summed E-state index contributed by atoms with van der Waals surface area (Å²) in [5.41, 5.74) is -0.0723. The number of phenolic OH excluding ortho intramolecular Hbond substituents is 3. The van der Waals surface area contributed by atoms with Gasteiger partial charge in [0.05, 0.1) is 5.56 Å². The fourth-order valence-electron chi connectivity index (χ4n) is 5.92. The molecule has 0 aliphatic rings. The molecule has 36 heavy (non-hydrogen) atoms. The summed E-state index contributed by atoms with van der Waals surface area (Å²) in [5.74, 6) is -2.24. The minimum Gasteiger partial charge on any atom is -0.504 e. The zero-order chi connectivity index (χ0) is 24.3. The number of carbonyl (C=O) groups is 1. The van der Waals surface area contributed by atoms with E-state index < -0.39 is 23.2 Å². The van der Waals surface area contributed by atoms with E-state index in [1.165, 1.54) is 21.5 Å². The van der Waals surface area contributed by atoms with Gasteiger partial charge in [0.2, 0.25) is 0 Å². The third-order valence-corrected chi connectivity index (χ3v) is 7.47. The molecule has 0 amide bonds. The average Bonchev–Trinajstić information content (AvgIpc) is 2.89. The van der Waals surface area contributed by atoms with Crippen molar-refractivity contribution in [1.82, 2.24) is 0 Å². The predicted octanol–water partition coefficient (Wildman–Crippen LogP) is 7.26. The highest BCUT2D eigenvalue weighted by Gasteiger charge is 2.23. The van der Waals surface area contributed by atoms with E-state index in [4.69, 9.17) is 4.74 Å². The molecule has 0 aliphatic carbocycles. The molecule has 170 valence electrons. The summed E-state index contributed by atoms with van der Waals surface area (Å²) >= 11 is 0. The molecule has 0 saturated carbocycles. The molecule has 0 bridgehead atoms. The summed E-state index contributed by atoms with van der Waals surface area (Å²) in [6.45, 7) is 0. The molecule has 5 heteroatoms. The minimum atomic E-state index is -0.750. The third-order valence-electron chi connectivity index (χ3n) is 7.47. The van der Waals surface area contributed by atoms with Gasteiger partial charge in [-0.15, -0.1) is 0 Å². The second-order valence-corrected chi connectivity index (χ2v) is 9.37. The van der Waals surface area contributed by atoms with E-state index in [-0.39, 0.29) is 5.56 Å². The Kier molecular flexibility index (Phi) is 3.40. The Hall–Kier alpha value is -5.03. The van der Waals surface area contributed by atoms with Gasteiger partial charge in [-0.2, -0.15) is 0 Å². The van der Waals surface area contributed by atoms with E-state index in [0.29, 0.717) is 5.75 Å². The van der Waals surface area contributed by atoms with Crippen LogP contribution in [0.2, 0.25) is 0 Å². The highest BCUT2D eigenvalue weighted by Crippen LogP contribution is 2.50. The summed E-state index contributed by atoms with van der Waals surface area (Å²) in [7, 11) is 0. The molecule has 0 aromatic heterocycles. The molecule has 0 spiro atoms. The lowest BCUT2D eigenvalue weighted by molar-refractivity contribution is 0.0736. The second-order valence-electron chi connectivity index (χ2n) is 9.37. The molecule has 0 aliphatic heterocycles. The second kappa shape index (κ2) is 6.34. The maximum absolute atomic E-state index is 13.1. The van der Waals surface area contributed by atoms with Crippen LogP contribution in [-0.4, -0.2) is 21.3 Å². The van der Waals surface area contributed by atoms with Crippen LogP contribution in [0.5, 0.6) is 23.0 Å². The van der Waals surface area contributed by atoms with Gasteiger partial charge in [0.15, 0.2) is 17.2 Å². The van der Waals surface area contributed by atoms with Gasteiger partial charge < -0.3 is 20.1 Å². The van der Waals surface area contributed by atoms with E-state index in [1.807, 2.05) is 24.3 Å². The predicted molar refractivity (Wildman–Crippen MR) is 141 cm³/mol. The SMILES string of the molecule is O=C(Oc1cc2ccc3ccc4ccc5ccc6ccc1c1c6c5c4c3c21)c1cc(O)c(O)c(O)c1. The Morgan fingerprint density at radius 1 is 0.528 bits per heavy atom. The first-order valence-corrected chi connectivity index (χ1v) is 11.6. The fourth-order valence-corrected chi connectivity index (χ4v) is 5.92. The number of benzene rings is 8. The van der Waals surface area contributed by atoms with Crippen LogP contribution in [0.15, 0.2) is 78.9 Å². The molecule has 0 radical (unpaired) electrons. The quantitative estimate of drug-likeness (QED) is 0.0817. The Morgan fingerprint density at radius 3 is 1.47 bits per heavy atom. The van der Waals surface area contributed by atoms with Crippen LogP contribution in [-0.2, 0) is 0 Å². The van der Waals surface area contributed by atoms with Gasteiger partial charge in [0.25, 0.3) is 0 Å². The Balaban J connectivity index is 1.49. The maximum Gasteiger partial charge on any atom is 0.343 e. The van der Waals surface area contributed by atoms with Gasteiger partial charge in [-0.3, -0.25) is 0 Å². The zero-order valence-corrected chi connectivity index (χ0v) is 18.7. The first-order chi connectivity index (χ1) is 17.5.